The van der Waals surface area contributed by atoms with E-state index in [4.69, 9.17) is 0 Å². The summed E-state index contributed by atoms with van der Waals surface area (Å²) in [5.41, 5.74) is 0.752. The van der Waals surface area contributed by atoms with E-state index in [9.17, 15) is 4.79 Å². The maximum absolute atomic E-state index is 12.1. The molecule has 1 aliphatic carbocycles. The Morgan fingerprint density at radius 3 is 2.38 bits per heavy atom. The Balaban J connectivity index is 2.04. The molecule has 1 fully saturated rings. The van der Waals surface area contributed by atoms with Crippen LogP contribution in [0.1, 0.15) is 32.6 Å². The van der Waals surface area contributed by atoms with Gasteiger partial charge in [-0.2, -0.15) is 0 Å². The summed E-state index contributed by atoms with van der Waals surface area (Å²) in [6, 6.07) is 7.93. The number of halogens is 1. The fraction of sp³-hybridized carbons (Fsp3) is 0.462. The molecule has 0 unspecified atom stereocenters. The lowest BCUT2D eigenvalue weighted by Crippen LogP contribution is -2.30. The molecule has 0 aliphatic heterocycles. The highest BCUT2D eigenvalue weighted by molar-refractivity contribution is 14.1. The Bertz CT molecular complexity index is 379. The predicted octanol–water partition coefficient (Wildman–Crippen LogP) is 3.81. The first-order valence-corrected chi connectivity index (χ1v) is 6.75. The molecule has 0 aromatic heterocycles. The molecule has 0 spiro atoms. The summed E-state index contributed by atoms with van der Waals surface area (Å²) in [4.78, 5) is 12.1. The molecule has 1 N–H and O–H groups in total. The molecular formula is C13H16INO. The quantitative estimate of drug-likeness (QED) is 0.822. The van der Waals surface area contributed by atoms with Crippen LogP contribution in [0.5, 0.6) is 0 Å². The molecule has 1 amide bonds. The summed E-state index contributed by atoms with van der Waals surface area (Å²) in [6.07, 6.45) is 4.39. The maximum atomic E-state index is 12.1. The van der Waals surface area contributed by atoms with E-state index in [1.54, 1.807) is 0 Å². The third-order valence-corrected chi connectivity index (χ3v) is 4.08. The molecule has 0 atom stereocenters. The Labute approximate surface area is 110 Å². The van der Waals surface area contributed by atoms with Gasteiger partial charge in [-0.05, 0) is 59.7 Å². The Morgan fingerprint density at radius 2 is 1.81 bits per heavy atom. The van der Waals surface area contributed by atoms with Crippen LogP contribution < -0.4 is 5.32 Å². The first-order chi connectivity index (χ1) is 7.60. The second kappa shape index (κ2) is 4.73. The van der Waals surface area contributed by atoms with Crippen molar-refractivity contribution in [3.05, 3.63) is 27.8 Å². The molecule has 16 heavy (non-hydrogen) atoms. The number of nitrogens with one attached hydrogen (secondary N) is 1. The zero-order chi connectivity index (χ0) is 11.6. The Hall–Kier alpha value is -0.580. The SMILES string of the molecule is CC1(C(=O)Nc2ccc(I)cc2)CCCC1. The van der Waals surface area contributed by atoms with Crippen LogP contribution in [-0.4, -0.2) is 5.91 Å². The van der Waals surface area contributed by atoms with Crippen LogP contribution in [0.3, 0.4) is 0 Å². The zero-order valence-electron chi connectivity index (χ0n) is 9.42. The van der Waals surface area contributed by atoms with Gasteiger partial charge in [0.05, 0.1) is 0 Å². The second-order valence-corrected chi connectivity index (χ2v) is 5.97. The predicted molar refractivity (Wildman–Crippen MR) is 74.4 cm³/mol. The Kier molecular flexibility index (Phi) is 3.52. The molecule has 0 bridgehead atoms. The highest BCUT2D eigenvalue weighted by atomic mass is 127. The van der Waals surface area contributed by atoms with E-state index in [2.05, 4.69) is 34.8 Å². The van der Waals surface area contributed by atoms with Crippen molar-refractivity contribution < 1.29 is 4.79 Å². The van der Waals surface area contributed by atoms with Gasteiger partial charge in [-0.25, -0.2) is 0 Å². The van der Waals surface area contributed by atoms with E-state index >= 15 is 0 Å². The topological polar surface area (TPSA) is 29.1 Å². The maximum Gasteiger partial charge on any atom is 0.230 e. The minimum absolute atomic E-state index is 0.150. The normalized spacial score (nSPS) is 18.4. The summed E-state index contributed by atoms with van der Waals surface area (Å²) < 4.78 is 1.18. The summed E-state index contributed by atoms with van der Waals surface area (Å²) in [5.74, 6) is 0.172. The fourth-order valence-electron chi connectivity index (χ4n) is 2.20. The molecule has 86 valence electrons. The minimum atomic E-state index is -0.150. The minimum Gasteiger partial charge on any atom is -0.326 e. The largest absolute Gasteiger partial charge is 0.326 e. The number of amides is 1. The molecular weight excluding hydrogens is 313 g/mol. The van der Waals surface area contributed by atoms with Crippen molar-refractivity contribution in [3.8, 4) is 0 Å². The number of hydrogen-bond donors (Lipinski definition) is 1. The van der Waals surface area contributed by atoms with Gasteiger partial charge in [-0.3, -0.25) is 4.79 Å². The number of benzene rings is 1. The standard InChI is InChI=1S/C13H16INO/c1-13(8-2-3-9-13)12(16)15-11-6-4-10(14)5-7-11/h4-7H,2-3,8-9H2,1H3,(H,15,16). The van der Waals surface area contributed by atoms with Crippen LogP contribution in [0.2, 0.25) is 0 Å². The highest BCUT2D eigenvalue weighted by Gasteiger charge is 2.36. The van der Waals surface area contributed by atoms with E-state index in [1.807, 2.05) is 24.3 Å². The lowest BCUT2D eigenvalue weighted by Gasteiger charge is -2.22. The number of carbonyl (C=O) groups is 1. The van der Waals surface area contributed by atoms with Gasteiger partial charge in [-0.1, -0.05) is 19.8 Å². The summed E-state index contributed by atoms with van der Waals surface area (Å²) in [6.45, 7) is 2.07. The van der Waals surface area contributed by atoms with E-state index in [0.717, 1.165) is 18.5 Å². The molecule has 1 aliphatic rings. The molecule has 2 nitrogen and oxygen atoms in total. The van der Waals surface area contributed by atoms with Gasteiger partial charge in [0.15, 0.2) is 0 Å². The van der Waals surface area contributed by atoms with Crippen LogP contribution in [0.4, 0.5) is 5.69 Å². The fourth-order valence-corrected chi connectivity index (χ4v) is 2.56. The molecule has 3 heteroatoms. The van der Waals surface area contributed by atoms with Gasteiger partial charge in [0.25, 0.3) is 0 Å². The van der Waals surface area contributed by atoms with Gasteiger partial charge in [0.1, 0.15) is 0 Å². The van der Waals surface area contributed by atoms with Gasteiger partial charge < -0.3 is 5.32 Å². The van der Waals surface area contributed by atoms with Gasteiger partial charge in [0.2, 0.25) is 5.91 Å². The van der Waals surface area contributed by atoms with Crippen LogP contribution in [0, 0.1) is 8.99 Å². The molecule has 1 saturated carbocycles. The monoisotopic (exact) mass is 329 g/mol. The number of carbonyl (C=O) groups excluding carboxylic acids is 1. The number of anilines is 1. The molecule has 0 heterocycles. The molecule has 0 saturated heterocycles. The van der Waals surface area contributed by atoms with E-state index in [0.29, 0.717) is 0 Å². The van der Waals surface area contributed by atoms with Crippen molar-refractivity contribution in [3.63, 3.8) is 0 Å². The average molecular weight is 329 g/mol. The van der Waals surface area contributed by atoms with E-state index in [1.165, 1.54) is 16.4 Å². The van der Waals surface area contributed by atoms with Gasteiger partial charge >= 0.3 is 0 Å². The molecule has 2 rings (SSSR count). The first kappa shape index (κ1) is 11.9. The molecule has 1 aromatic rings. The Morgan fingerprint density at radius 1 is 1.25 bits per heavy atom. The van der Waals surface area contributed by atoms with Crippen molar-refractivity contribution in [1.29, 1.82) is 0 Å². The number of rotatable bonds is 2. The van der Waals surface area contributed by atoms with E-state index in [-0.39, 0.29) is 11.3 Å². The van der Waals surface area contributed by atoms with Gasteiger partial charge in [-0.15, -0.1) is 0 Å². The average Bonchev–Trinajstić information content (AvgIpc) is 2.70. The van der Waals surface area contributed by atoms with Gasteiger partial charge in [0, 0.05) is 14.7 Å². The van der Waals surface area contributed by atoms with Crippen molar-refractivity contribution in [2.45, 2.75) is 32.6 Å². The second-order valence-electron chi connectivity index (χ2n) is 4.73. The summed E-state index contributed by atoms with van der Waals surface area (Å²) >= 11 is 2.26. The van der Waals surface area contributed by atoms with Crippen LogP contribution in [0.25, 0.3) is 0 Å². The van der Waals surface area contributed by atoms with Crippen molar-refractivity contribution in [2.75, 3.05) is 5.32 Å². The van der Waals surface area contributed by atoms with Crippen molar-refractivity contribution in [1.82, 2.24) is 0 Å². The van der Waals surface area contributed by atoms with Crippen LogP contribution >= 0.6 is 22.6 Å². The summed E-state index contributed by atoms with van der Waals surface area (Å²) in [5, 5.41) is 3.01. The van der Waals surface area contributed by atoms with Crippen LogP contribution in [-0.2, 0) is 4.79 Å². The van der Waals surface area contributed by atoms with E-state index < -0.39 is 0 Å². The molecule has 1 aromatic carbocycles. The first-order valence-electron chi connectivity index (χ1n) is 5.67. The number of hydrogen-bond acceptors (Lipinski definition) is 1. The lowest BCUT2D eigenvalue weighted by molar-refractivity contribution is -0.124. The third kappa shape index (κ3) is 2.56. The van der Waals surface area contributed by atoms with Crippen molar-refractivity contribution in [2.24, 2.45) is 5.41 Å². The third-order valence-electron chi connectivity index (χ3n) is 3.36. The van der Waals surface area contributed by atoms with Crippen molar-refractivity contribution >= 4 is 34.2 Å². The smallest absolute Gasteiger partial charge is 0.230 e. The lowest BCUT2D eigenvalue weighted by atomic mass is 9.88. The summed E-state index contributed by atoms with van der Waals surface area (Å²) in [7, 11) is 0. The van der Waals surface area contributed by atoms with Crippen LogP contribution in [0.15, 0.2) is 24.3 Å². The zero-order valence-corrected chi connectivity index (χ0v) is 11.6. The highest BCUT2D eigenvalue weighted by Crippen LogP contribution is 2.38. The molecule has 0 radical (unpaired) electrons.